The van der Waals surface area contributed by atoms with Crippen LogP contribution in [0, 0.1) is 0 Å². The Bertz CT molecular complexity index is 214. The summed E-state index contributed by atoms with van der Waals surface area (Å²) in [6.07, 6.45) is 21.9. The summed E-state index contributed by atoms with van der Waals surface area (Å²) in [4.78, 5) is 0. The first kappa shape index (κ1) is 20.0. The highest BCUT2D eigenvalue weighted by atomic mass is 16.5. The van der Waals surface area contributed by atoms with Crippen LogP contribution in [0.3, 0.4) is 0 Å². The van der Waals surface area contributed by atoms with Gasteiger partial charge in [-0.1, -0.05) is 96.8 Å². The molecule has 1 rings (SSSR count). The number of morpholine rings is 1. The van der Waals surface area contributed by atoms with E-state index in [1.54, 1.807) is 0 Å². The number of nitrogens with one attached hydrogen (secondary N) is 1. The number of ether oxygens (including phenoxy) is 1. The lowest BCUT2D eigenvalue weighted by Crippen LogP contribution is -2.38. The second-order valence-electron chi connectivity index (χ2n) is 7.08. The van der Waals surface area contributed by atoms with E-state index in [0.29, 0.717) is 6.10 Å². The van der Waals surface area contributed by atoms with Gasteiger partial charge in [-0.3, -0.25) is 0 Å². The molecule has 22 heavy (non-hydrogen) atoms. The quantitative estimate of drug-likeness (QED) is 0.383. The lowest BCUT2D eigenvalue weighted by Gasteiger charge is -2.23. The molecule has 1 atom stereocenters. The molecule has 1 heterocycles. The monoisotopic (exact) mass is 311 g/mol. The Morgan fingerprint density at radius 1 is 0.727 bits per heavy atom. The van der Waals surface area contributed by atoms with E-state index in [9.17, 15) is 0 Å². The number of rotatable bonds is 15. The van der Waals surface area contributed by atoms with Crippen LogP contribution in [0.2, 0.25) is 0 Å². The first-order valence-electron chi connectivity index (χ1n) is 10.3. The van der Waals surface area contributed by atoms with Crippen LogP contribution in [0.5, 0.6) is 0 Å². The van der Waals surface area contributed by atoms with E-state index in [1.165, 1.54) is 96.3 Å². The van der Waals surface area contributed by atoms with Gasteiger partial charge in [-0.2, -0.15) is 0 Å². The lowest BCUT2D eigenvalue weighted by molar-refractivity contribution is 0.0220. The van der Waals surface area contributed by atoms with E-state index in [-0.39, 0.29) is 0 Å². The number of hydrogen-bond donors (Lipinski definition) is 1. The third-order valence-electron chi connectivity index (χ3n) is 4.88. The maximum Gasteiger partial charge on any atom is 0.0700 e. The van der Waals surface area contributed by atoms with E-state index in [4.69, 9.17) is 4.74 Å². The van der Waals surface area contributed by atoms with Crippen LogP contribution in [0.15, 0.2) is 0 Å². The molecule has 0 radical (unpaired) electrons. The fourth-order valence-corrected chi connectivity index (χ4v) is 3.37. The van der Waals surface area contributed by atoms with Crippen LogP contribution < -0.4 is 5.32 Å². The summed E-state index contributed by atoms with van der Waals surface area (Å²) in [6, 6.07) is 0. The molecule has 2 nitrogen and oxygen atoms in total. The molecule has 2 heteroatoms. The van der Waals surface area contributed by atoms with Crippen molar-refractivity contribution in [3.8, 4) is 0 Å². The molecule has 0 saturated carbocycles. The average Bonchev–Trinajstić information content (AvgIpc) is 2.56. The molecule has 0 bridgehead atoms. The molecule has 0 aromatic carbocycles. The van der Waals surface area contributed by atoms with Gasteiger partial charge < -0.3 is 10.1 Å². The molecule has 0 aromatic heterocycles. The van der Waals surface area contributed by atoms with Gasteiger partial charge >= 0.3 is 0 Å². The first-order chi connectivity index (χ1) is 10.9. The van der Waals surface area contributed by atoms with Crippen molar-refractivity contribution in [2.45, 2.75) is 109 Å². The van der Waals surface area contributed by atoms with Gasteiger partial charge in [-0.05, 0) is 6.42 Å². The maximum absolute atomic E-state index is 5.73. The van der Waals surface area contributed by atoms with Gasteiger partial charge in [0.1, 0.15) is 0 Å². The third-order valence-corrected chi connectivity index (χ3v) is 4.88. The highest BCUT2D eigenvalue weighted by Gasteiger charge is 2.11. The Hall–Kier alpha value is -0.0800. The van der Waals surface area contributed by atoms with Crippen molar-refractivity contribution in [3.05, 3.63) is 0 Å². The van der Waals surface area contributed by atoms with Gasteiger partial charge in [0, 0.05) is 13.1 Å². The average molecular weight is 312 g/mol. The van der Waals surface area contributed by atoms with Crippen molar-refractivity contribution >= 4 is 0 Å². The highest BCUT2D eigenvalue weighted by molar-refractivity contribution is 4.66. The van der Waals surface area contributed by atoms with Crippen LogP contribution in [0.1, 0.15) is 103 Å². The van der Waals surface area contributed by atoms with Gasteiger partial charge in [0.2, 0.25) is 0 Å². The Morgan fingerprint density at radius 2 is 1.23 bits per heavy atom. The molecule has 1 fully saturated rings. The third kappa shape index (κ3) is 12.5. The van der Waals surface area contributed by atoms with E-state index < -0.39 is 0 Å². The SMILES string of the molecule is CCCCCCCCCCCCCCCCC1CNCCO1. The van der Waals surface area contributed by atoms with Crippen LogP contribution in [0.25, 0.3) is 0 Å². The van der Waals surface area contributed by atoms with E-state index in [2.05, 4.69) is 12.2 Å². The van der Waals surface area contributed by atoms with Crippen molar-refractivity contribution in [2.75, 3.05) is 19.7 Å². The maximum atomic E-state index is 5.73. The highest BCUT2D eigenvalue weighted by Crippen LogP contribution is 2.14. The Labute approximate surface area is 139 Å². The van der Waals surface area contributed by atoms with Gasteiger partial charge in [0.05, 0.1) is 12.7 Å². The minimum Gasteiger partial charge on any atom is -0.376 e. The summed E-state index contributed by atoms with van der Waals surface area (Å²) in [6.45, 7) is 5.30. The second kappa shape index (κ2) is 15.8. The molecule has 0 aromatic rings. The van der Waals surface area contributed by atoms with Crippen LogP contribution in [-0.2, 0) is 4.74 Å². The zero-order chi connectivity index (χ0) is 15.7. The molecule has 132 valence electrons. The minimum absolute atomic E-state index is 0.492. The summed E-state index contributed by atoms with van der Waals surface area (Å²) in [5.74, 6) is 0. The van der Waals surface area contributed by atoms with Gasteiger partial charge in [0.25, 0.3) is 0 Å². The van der Waals surface area contributed by atoms with Crippen molar-refractivity contribution < 1.29 is 4.74 Å². The molecular formula is C20H41NO. The zero-order valence-corrected chi connectivity index (χ0v) is 15.2. The van der Waals surface area contributed by atoms with Crippen molar-refractivity contribution in [1.29, 1.82) is 0 Å². The Kier molecular flexibility index (Phi) is 14.3. The molecule has 0 aliphatic carbocycles. The summed E-state index contributed by atoms with van der Waals surface area (Å²) in [5, 5.41) is 3.41. The van der Waals surface area contributed by atoms with Crippen LogP contribution in [-0.4, -0.2) is 25.8 Å². The first-order valence-corrected chi connectivity index (χ1v) is 10.3. The Balaban J connectivity index is 1.68. The summed E-state index contributed by atoms with van der Waals surface area (Å²) < 4.78 is 5.73. The smallest absolute Gasteiger partial charge is 0.0700 e. The van der Waals surface area contributed by atoms with Crippen LogP contribution >= 0.6 is 0 Å². The van der Waals surface area contributed by atoms with Gasteiger partial charge in [-0.25, -0.2) is 0 Å². The number of unbranched alkanes of at least 4 members (excludes halogenated alkanes) is 13. The predicted octanol–water partition coefficient (Wildman–Crippen LogP) is 5.85. The molecule has 0 amide bonds. The normalized spacial score (nSPS) is 18.7. The fraction of sp³-hybridized carbons (Fsp3) is 1.00. The largest absolute Gasteiger partial charge is 0.376 e. The van der Waals surface area contributed by atoms with Crippen molar-refractivity contribution in [3.63, 3.8) is 0 Å². The molecule has 1 aliphatic rings. The Morgan fingerprint density at radius 3 is 1.68 bits per heavy atom. The van der Waals surface area contributed by atoms with E-state index in [1.807, 2.05) is 0 Å². The lowest BCUT2D eigenvalue weighted by atomic mass is 10.0. The second-order valence-corrected chi connectivity index (χ2v) is 7.08. The van der Waals surface area contributed by atoms with E-state index >= 15 is 0 Å². The molecule has 1 saturated heterocycles. The summed E-state index contributed by atoms with van der Waals surface area (Å²) in [7, 11) is 0. The summed E-state index contributed by atoms with van der Waals surface area (Å²) in [5.41, 5.74) is 0. The van der Waals surface area contributed by atoms with Crippen molar-refractivity contribution in [2.24, 2.45) is 0 Å². The molecular weight excluding hydrogens is 270 g/mol. The van der Waals surface area contributed by atoms with Gasteiger partial charge in [-0.15, -0.1) is 0 Å². The number of hydrogen-bond acceptors (Lipinski definition) is 2. The van der Waals surface area contributed by atoms with Crippen LogP contribution in [0.4, 0.5) is 0 Å². The fourth-order valence-electron chi connectivity index (χ4n) is 3.37. The molecule has 1 unspecified atom stereocenters. The minimum atomic E-state index is 0.492. The molecule has 1 aliphatic heterocycles. The topological polar surface area (TPSA) is 21.3 Å². The van der Waals surface area contributed by atoms with Gasteiger partial charge in [0.15, 0.2) is 0 Å². The standard InChI is InChI=1S/C20H41NO/c1-2-3-4-5-6-7-8-9-10-11-12-13-14-15-16-20-19-21-17-18-22-20/h20-21H,2-19H2,1H3. The molecule has 1 N–H and O–H groups in total. The molecule has 0 spiro atoms. The van der Waals surface area contributed by atoms with Crippen molar-refractivity contribution in [1.82, 2.24) is 5.32 Å². The summed E-state index contributed by atoms with van der Waals surface area (Å²) >= 11 is 0. The van der Waals surface area contributed by atoms with E-state index in [0.717, 1.165) is 19.7 Å². The zero-order valence-electron chi connectivity index (χ0n) is 15.2. The predicted molar refractivity (Wildman–Crippen MR) is 97.5 cm³/mol.